The number of nitrogens with one attached hydrogen (secondary N) is 2. The van der Waals surface area contributed by atoms with Gasteiger partial charge >= 0.3 is 5.97 Å². The summed E-state index contributed by atoms with van der Waals surface area (Å²) in [5.41, 5.74) is 1.46. The lowest BCUT2D eigenvalue weighted by atomic mass is 10.1. The minimum atomic E-state index is -0.672. The molecule has 8 nitrogen and oxygen atoms in total. The van der Waals surface area contributed by atoms with Crippen LogP contribution in [-0.2, 0) is 19.1 Å². The van der Waals surface area contributed by atoms with Crippen molar-refractivity contribution < 1.29 is 28.7 Å². The smallest absolute Gasteiger partial charge is 0.306 e. The molecule has 0 unspecified atom stereocenters. The monoisotopic (exact) mass is 460 g/mol. The van der Waals surface area contributed by atoms with Crippen LogP contribution >= 0.6 is 0 Å². The van der Waals surface area contributed by atoms with Crippen molar-refractivity contribution >= 4 is 34.9 Å². The van der Waals surface area contributed by atoms with Crippen LogP contribution in [0.3, 0.4) is 0 Å². The average molecular weight is 460 g/mol. The first-order valence-electron chi connectivity index (χ1n) is 10.6. The molecule has 0 radical (unpaired) electrons. The van der Waals surface area contributed by atoms with E-state index in [1.807, 2.05) is 30.3 Å². The summed E-state index contributed by atoms with van der Waals surface area (Å²) in [6, 6.07) is 22.6. The maximum atomic E-state index is 12.0. The first-order valence-corrected chi connectivity index (χ1v) is 10.6. The summed E-state index contributed by atoms with van der Waals surface area (Å²) < 4.78 is 10.6. The molecule has 0 fully saturated rings. The Morgan fingerprint density at radius 1 is 0.706 bits per heavy atom. The molecule has 174 valence electrons. The number of carbonyl (C=O) groups excluding carboxylic acids is 4. The van der Waals surface area contributed by atoms with Crippen molar-refractivity contribution in [1.29, 1.82) is 0 Å². The number of amides is 2. The molecule has 8 heteroatoms. The van der Waals surface area contributed by atoms with Gasteiger partial charge in [0, 0.05) is 23.4 Å². The molecule has 3 aromatic rings. The molecular weight excluding hydrogens is 436 g/mol. The summed E-state index contributed by atoms with van der Waals surface area (Å²) in [4.78, 5) is 47.3. The third-order valence-corrected chi connectivity index (χ3v) is 4.59. The standard InChI is InChI=1S/C26H24N2O6/c1-18(29)19-6-5-7-21(16-19)28-24(30)14-15-26(32)33-17-25(31)27-20-10-12-23(13-11-20)34-22-8-3-2-4-9-22/h2-13,16H,14-15,17H2,1H3,(H,27,31)(H,28,30). The lowest BCUT2D eigenvalue weighted by Gasteiger charge is -2.09. The summed E-state index contributed by atoms with van der Waals surface area (Å²) in [5, 5.41) is 5.24. The highest BCUT2D eigenvalue weighted by Gasteiger charge is 2.12. The summed E-state index contributed by atoms with van der Waals surface area (Å²) in [6.07, 6.45) is -0.301. The van der Waals surface area contributed by atoms with Crippen LogP contribution in [0.5, 0.6) is 11.5 Å². The molecule has 2 amide bonds. The van der Waals surface area contributed by atoms with Gasteiger partial charge in [-0.2, -0.15) is 0 Å². The first-order chi connectivity index (χ1) is 16.4. The summed E-state index contributed by atoms with van der Waals surface area (Å²) in [5.74, 6) is -0.384. The Labute approximate surface area is 196 Å². The highest BCUT2D eigenvalue weighted by Crippen LogP contribution is 2.22. The fourth-order valence-corrected chi connectivity index (χ4v) is 2.90. The lowest BCUT2D eigenvalue weighted by molar-refractivity contribution is -0.147. The van der Waals surface area contributed by atoms with Gasteiger partial charge < -0.3 is 20.1 Å². The van der Waals surface area contributed by atoms with E-state index >= 15 is 0 Å². The maximum absolute atomic E-state index is 12.0. The van der Waals surface area contributed by atoms with Gasteiger partial charge in [0.1, 0.15) is 11.5 Å². The maximum Gasteiger partial charge on any atom is 0.306 e. The fourth-order valence-electron chi connectivity index (χ4n) is 2.90. The van der Waals surface area contributed by atoms with E-state index in [0.29, 0.717) is 28.4 Å². The number of para-hydroxylation sites is 1. The van der Waals surface area contributed by atoms with Crippen LogP contribution in [0.15, 0.2) is 78.9 Å². The first kappa shape index (κ1) is 24.2. The number of ether oxygens (including phenoxy) is 2. The summed E-state index contributed by atoms with van der Waals surface area (Å²) in [6.45, 7) is 0.964. The number of ketones is 1. The SMILES string of the molecule is CC(=O)c1cccc(NC(=O)CCC(=O)OCC(=O)Nc2ccc(Oc3ccccc3)cc2)c1. The van der Waals surface area contributed by atoms with Gasteiger partial charge in [-0.15, -0.1) is 0 Å². The summed E-state index contributed by atoms with van der Waals surface area (Å²) in [7, 11) is 0. The van der Waals surface area contributed by atoms with Crippen LogP contribution in [0, 0.1) is 0 Å². The van der Waals surface area contributed by atoms with Crippen LogP contribution in [-0.4, -0.2) is 30.2 Å². The second-order valence-electron chi connectivity index (χ2n) is 7.33. The van der Waals surface area contributed by atoms with Gasteiger partial charge in [-0.1, -0.05) is 30.3 Å². The van der Waals surface area contributed by atoms with Gasteiger partial charge in [-0.05, 0) is 55.5 Å². The van der Waals surface area contributed by atoms with Gasteiger partial charge in [0.15, 0.2) is 12.4 Å². The Bertz CT molecular complexity index is 1160. The van der Waals surface area contributed by atoms with Crippen LogP contribution in [0.1, 0.15) is 30.1 Å². The van der Waals surface area contributed by atoms with E-state index in [9.17, 15) is 19.2 Å². The van der Waals surface area contributed by atoms with E-state index in [4.69, 9.17) is 9.47 Å². The number of benzene rings is 3. The van der Waals surface area contributed by atoms with Gasteiger partial charge in [-0.3, -0.25) is 19.2 Å². The second kappa shape index (κ2) is 12.0. The zero-order valence-electron chi connectivity index (χ0n) is 18.6. The molecule has 0 bridgehead atoms. The Kier molecular flexibility index (Phi) is 8.51. The third-order valence-electron chi connectivity index (χ3n) is 4.59. The van der Waals surface area contributed by atoms with Crippen molar-refractivity contribution in [3.63, 3.8) is 0 Å². The predicted octanol–water partition coefficient (Wildman–Crippen LogP) is 4.58. The molecular formula is C26H24N2O6. The molecule has 0 aliphatic heterocycles. The predicted molar refractivity (Wildman–Crippen MR) is 127 cm³/mol. The van der Waals surface area contributed by atoms with Gasteiger partial charge in [0.2, 0.25) is 5.91 Å². The van der Waals surface area contributed by atoms with E-state index in [2.05, 4.69) is 10.6 Å². The van der Waals surface area contributed by atoms with Crippen molar-refractivity contribution in [1.82, 2.24) is 0 Å². The Balaban J connectivity index is 1.36. The van der Waals surface area contributed by atoms with Crippen molar-refractivity contribution in [3.8, 4) is 11.5 Å². The van der Waals surface area contributed by atoms with E-state index in [0.717, 1.165) is 0 Å². The number of carbonyl (C=O) groups is 4. The molecule has 0 aliphatic carbocycles. The topological polar surface area (TPSA) is 111 Å². The molecule has 34 heavy (non-hydrogen) atoms. The van der Waals surface area contributed by atoms with Gasteiger partial charge in [-0.25, -0.2) is 0 Å². The van der Waals surface area contributed by atoms with Crippen LogP contribution in [0.2, 0.25) is 0 Å². The van der Waals surface area contributed by atoms with Crippen molar-refractivity contribution in [2.24, 2.45) is 0 Å². The largest absolute Gasteiger partial charge is 0.457 e. The van der Waals surface area contributed by atoms with E-state index < -0.39 is 24.4 Å². The average Bonchev–Trinajstić information content (AvgIpc) is 2.83. The molecule has 0 aliphatic rings. The molecule has 0 saturated carbocycles. The molecule has 3 aromatic carbocycles. The number of hydrogen-bond donors (Lipinski definition) is 2. The van der Waals surface area contributed by atoms with E-state index in [-0.39, 0.29) is 18.6 Å². The number of anilines is 2. The Morgan fingerprint density at radius 3 is 2.09 bits per heavy atom. The normalized spacial score (nSPS) is 10.1. The zero-order chi connectivity index (χ0) is 24.3. The van der Waals surface area contributed by atoms with E-state index in [1.54, 1.807) is 48.5 Å². The molecule has 3 rings (SSSR count). The van der Waals surface area contributed by atoms with E-state index in [1.165, 1.54) is 6.92 Å². The van der Waals surface area contributed by atoms with Crippen molar-refractivity contribution in [2.75, 3.05) is 17.2 Å². The number of esters is 1. The number of rotatable bonds is 10. The summed E-state index contributed by atoms with van der Waals surface area (Å²) >= 11 is 0. The van der Waals surface area contributed by atoms with Crippen molar-refractivity contribution in [2.45, 2.75) is 19.8 Å². The second-order valence-corrected chi connectivity index (χ2v) is 7.33. The molecule has 0 spiro atoms. The van der Waals surface area contributed by atoms with Crippen molar-refractivity contribution in [3.05, 3.63) is 84.4 Å². The molecule has 0 heterocycles. The number of hydrogen-bond acceptors (Lipinski definition) is 6. The fraction of sp³-hybridized carbons (Fsp3) is 0.154. The van der Waals surface area contributed by atoms with Crippen LogP contribution < -0.4 is 15.4 Å². The quantitative estimate of drug-likeness (QED) is 0.338. The zero-order valence-corrected chi connectivity index (χ0v) is 18.6. The molecule has 2 N–H and O–H groups in total. The highest BCUT2D eigenvalue weighted by molar-refractivity contribution is 5.97. The van der Waals surface area contributed by atoms with Gasteiger partial charge in [0.05, 0.1) is 6.42 Å². The molecule has 0 aromatic heterocycles. The molecule has 0 atom stereocenters. The minimum absolute atomic E-state index is 0.116. The Hall–Kier alpha value is -4.46. The van der Waals surface area contributed by atoms with Gasteiger partial charge in [0.25, 0.3) is 5.91 Å². The number of Topliss-reactive ketones (excluding diaryl/α,β-unsaturated/α-hetero) is 1. The van der Waals surface area contributed by atoms with Crippen LogP contribution in [0.4, 0.5) is 11.4 Å². The third kappa shape index (κ3) is 7.90. The highest BCUT2D eigenvalue weighted by atomic mass is 16.5. The Morgan fingerprint density at radius 2 is 1.38 bits per heavy atom. The lowest BCUT2D eigenvalue weighted by Crippen LogP contribution is -2.21. The minimum Gasteiger partial charge on any atom is -0.457 e. The molecule has 0 saturated heterocycles. The van der Waals surface area contributed by atoms with Crippen LogP contribution in [0.25, 0.3) is 0 Å².